The summed E-state index contributed by atoms with van der Waals surface area (Å²) in [7, 11) is 1.36. The molecule has 0 bridgehead atoms. The molecule has 2 fully saturated rings. The Balaban J connectivity index is 1.55. The van der Waals surface area contributed by atoms with Gasteiger partial charge in [0.15, 0.2) is 0 Å². The van der Waals surface area contributed by atoms with Gasteiger partial charge >= 0.3 is 6.03 Å². The van der Waals surface area contributed by atoms with Gasteiger partial charge in [-0.05, 0) is 29.3 Å². The van der Waals surface area contributed by atoms with E-state index in [2.05, 4.69) is 17.2 Å². The first kappa shape index (κ1) is 32.6. The van der Waals surface area contributed by atoms with Crippen molar-refractivity contribution >= 4 is 29.4 Å². The van der Waals surface area contributed by atoms with Crippen molar-refractivity contribution in [2.75, 3.05) is 26.7 Å². The number of fused-ring (bicyclic) bond motifs is 1. The SMILES string of the molecule is C=CCN1CC(=O)N2[C@@H](Cc3ccc(O)cc3)C(=O)N(Cc3cccc(C(=O)NC)c3[N+](=O)[O-])C[C@@H]2N1C(=O)NCc1ccccc1. The molecule has 0 radical (unpaired) electrons. The molecule has 5 amide bonds. The summed E-state index contributed by atoms with van der Waals surface area (Å²) in [4.78, 5) is 68.7. The maximum Gasteiger partial charge on any atom is 0.334 e. The average molecular weight is 642 g/mol. The zero-order valence-electron chi connectivity index (χ0n) is 25.7. The Kier molecular flexibility index (Phi) is 9.80. The van der Waals surface area contributed by atoms with Crippen molar-refractivity contribution in [3.05, 3.63) is 118 Å². The number of benzene rings is 3. The van der Waals surface area contributed by atoms with Crippen LogP contribution in [-0.2, 0) is 29.1 Å². The number of nitrogens with one attached hydrogen (secondary N) is 2. The van der Waals surface area contributed by atoms with Crippen LogP contribution in [-0.4, -0.2) is 92.5 Å². The Morgan fingerprint density at radius 3 is 2.43 bits per heavy atom. The number of nitrogens with zero attached hydrogens (tertiary/aromatic N) is 5. The van der Waals surface area contributed by atoms with Crippen LogP contribution in [0.4, 0.5) is 10.5 Å². The predicted molar refractivity (Wildman–Crippen MR) is 170 cm³/mol. The average Bonchev–Trinajstić information content (AvgIpc) is 3.06. The number of carbonyl (C=O) groups excluding carboxylic acids is 4. The lowest BCUT2D eigenvalue weighted by atomic mass is 9.97. The number of phenolic OH excluding ortho intramolecular Hbond substituents is 1. The molecule has 47 heavy (non-hydrogen) atoms. The zero-order valence-corrected chi connectivity index (χ0v) is 25.7. The second-order valence-electron chi connectivity index (χ2n) is 11.2. The normalized spacial score (nSPS) is 18.0. The first-order valence-corrected chi connectivity index (χ1v) is 15.0. The molecule has 3 aromatic carbocycles. The van der Waals surface area contributed by atoms with Crippen molar-refractivity contribution in [2.45, 2.75) is 31.7 Å². The van der Waals surface area contributed by atoms with Gasteiger partial charge in [-0.3, -0.25) is 24.5 Å². The molecule has 2 atom stereocenters. The van der Waals surface area contributed by atoms with Crippen LogP contribution in [0.1, 0.15) is 27.0 Å². The lowest BCUT2D eigenvalue weighted by molar-refractivity contribution is -0.386. The van der Waals surface area contributed by atoms with Crippen LogP contribution in [0.3, 0.4) is 0 Å². The Labute approximate surface area is 271 Å². The number of urea groups is 1. The van der Waals surface area contributed by atoms with E-state index in [9.17, 15) is 34.4 Å². The van der Waals surface area contributed by atoms with Crippen LogP contribution < -0.4 is 10.6 Å². The van der Waals surface area contributed by atoms with E-state index >= 15 is 0 Å². The van der Waals surface area contributed by atoms with Crippen molar-refractivity contribution in [3.8, 4) is 5.75 Å². The highest BCUT2D eigenvalue weighted by molar-refractivity contribution is 5.98. The van der Waals surface area contributed by atoms with Gasteiger partial charge in [-0.25, -0.2) is 14.8 Å². The number of amides is 5. The molecule has 3 N–H and O–H groups in total. The quantitative estimate of drug-likeness (QED) is 0.172. The van der Waals surface area contributed by atoms with Crippen molar-refractivity contribution in [1.29, 1.82) is 0 Å². The fourth-order valence-corrected chi connectivity index (χ4v) is 6.01. The Morgan fingerprint density at radius 2 is 1.77 bits per heavy atom. The largest absolute Gasteiger partial charge is 0.508 e. The summed E-state index contributed by atoms with van der Waals surface area (Å²) in [5.74, 6) is -1.49. The zero-order chi connectivity index (χ0) is 33.7. The smallest absolute Gasteiger partial charge is 0.334 e. The van der Waals surface area contributed by atoms with E-state index in [0.29, 0.717) is 5.56 Å². The number of aromatic hydroxyl groups is 1. The van der Waals surface area contributed by atoms with Gasteiger partial charge in [0, 0.05) is 26.6 Å². The number of rotatable bonds is 10. The summed E-state index contributed by atoms with van der Waals surface area (Å²) in [5.41, 5.74) is 1.02. The number of piperazine rings is 1. The van der Waals surface area contributed by atoms with E-state index < -0.39 is 40.7 Å². The number of phenols is 1. The van der Waals surface area contributed by atoms with Crippen molar-refractivity contribution in [3.63, 3.8) is 0 Å². The topological polar surface area (TPSA) is 169 Å². The molecule has 5 rings (SSSR count). The van der Waals surface area contributed by atoms with Crippen molar-refractivity contribution < 1.29 is 29.2 Å². The summed E-state index contributed by atoms with van der Waals surface area (Å²) in [6.45, 7) is 3.53. The summed E-state index contributed by atoms with van der Waals surface area (Å²) < 4.78 is 0. The maximum atomic E-state index is 14.2. The van der Waals surface area contributed by atoms with Gasteiger partial charge in [0.05, 0.1) is 30.1 Å². The van der Waals surface area contributed by atoms with Crippen LogP contribution >= 0.6 is 0 Å². The van der Waals surface area contributed by atoms with Crippen molar-refractivity contribution in [1.82, 2.24) is 30.5 Å². The molecule has 0 aliphatic carbocycles. The standard InChI is InChI=1S/C33H35N7O7/c1-3-16-37-21-29(42)38-27(17-22-12-14-25(41)15-13-22)32(44)36(19-24-10-7-11-26(31(43)34-2)30(24)40(46)47)20-28(38)39(37)33(45)35-18-23-8-5-4-6-9-23/h3-15,27-28,41H,1,16-21H2,2H3,(H,34,43)(H,35,45)/t27-,28-/m0/s1. The molecule has 2 aliphatic heterocycles. The molecule has 0 saturated carbocycles. The van der Waals surface area contributed by atoms with E-state index in [0.717, 1.165) is 5.56 Å². The van der Waals surface area contributed by atoms with Crippen molar-refractivity contribution in [2.24, 2.45) is 0 Å². The van der Waals surface area contributed by atoms with Gasteiger partial charge < -0.3 is 25.5 Å². The monoisotopic (exact) mass is 641 g/mol. The minimum Gasteiger partial charge on any atom is -0.508 e. The number of nitro benzene ring substituents is 1. The second-order valence-corrected chi connectivity index (χ2v) is 11.2. The highest BCUT2D eigenvalue weighted by Gasteiger charge is 2.51. The van der Waals surface area contributed by atoms with E-state index in [4.69, 9.17) is 0 Å². The van der Waals surface area contributed by atoms with E-state index in [1.54, 1.807) is 23.2 Å². The third kappa shape index (κ3) is 6.92. The lowest BCUT2D eigenvalue weighted by Gasteiger charge is -2.55. The third-order valence-electron chi connectivity index (χ3n) is 8.17. The molecular weight excluding hydrogens is 606 g/mol. The maximum absolute atomic E-state index is 14.2. The molecule has 2 aliphatic rings. The number of hydrogen-bond donors (Lipinski definition) is 3. The van der Waals surface area contributed by atoms with Gasteiger partial charge in [-0.15, -0.1) is 6.58 Å². The van der Waals surface area contributed by atoms with Crippen LogP contribution in [0.15, 0.2) is 85.5 Å². The van der Waals surface area contributed by atoms with Gasteiger partial charge in [0.1, 0.15) is 23.5 Å². The fraction of sp³-hybridized carbons (Fsp3) is 0.273. The van der Waals surface area contributed by atoms with Crippen LogP contribution in [0.2, 0.25) is 0 Å². The summed E-state index contributed by atoms with van der Waals surface area (Å²) in [6, 6.07) is 18.2. The minimum atomic E-state index is -1.08. The van der Waals surface area contributed by atoms with E-state index in [-0.39, 0.29) is 61.9 Å². The van der Waals surface area contributed by atoms with Gasteiger partial charge in [0.25, 0.3) is 11.6 Å². The molecule has 14 nitrogen and oxygen atoms in total. The number of hydrazine groups is 1. The number of nitro groups is 1. The predicted octanol–water partition coefficient (Wildman–Crippen LogP) is 2.40. The van der Waals surface area contributed by atoms with Crippen LogP contribution in [0.25, 0.3) is 0 Å². The summed E-state index contributed by atoms with van der Waals surface area (Å²) >= 11 is 0. The minimum absolute atomic E-state index is 0.0295. The molecular formula is C33H35N7O7. The highest BCUT2D eigenvalue weighted by Crippen LogP contribution is 2.32. The molecule has 2 heterocycles. The number of para-hydroxylation sites is 1. The van der Waals surface area contributed by atoms with E-state index in [1.165, 1.54) is 52.2 Å². The highest BCUT2D eigenvalue weighted by atomic mass is 16.6. The third-order valence-corrected chi connectivity index (χ3v) is 8.17. The van der Waals surface area contributed by atoms with Gasteiger partial charge in [0.2, 0.25) is 11.8 Å². The summed E-state index contributed by atoms with van der Waals surface area (Å²) in [6.07, 6.45) is 0.639. The first-order chi connectivity index (χ1) is 22.6. The van der Waals surface area contributed by atoms with Crippen LogP contribution in [0.5, 0.6) is 5.75 Å². The Hall–Kier alpha value is -5.76. The Bertz CT molecular complexity index is 1680. The fourth-order valence-electron chi connectivity index (χ4n) is 6.01. The molecule has 244 valence electrons. The lowest BCUT2D eigenvalue weighted by Crippen LogP contribution is -2.76. The first-order valence-electron chi connectivity index (χ1n) is 15.0. The second kappa shape index (κ2) is 14.1. The van der Waals surface area contributed by atoms with E-state index in [1.807, 2.05) is 30.3 Å². The number of hydrogen-bond acceptors (Lipinski definition) is 8. The molecule has 2 saturated heterocycles. The van der Waals surface area contributed by atoms with Gasteiger partial charge in [-0.2, -0.15) is 0 Å². The molecule has 3 aromatic rings. The van der Waals surface area contributed by atoms with Crippen LogP contribution in [0, 0.1) is 10.1 Å². The number of carbonyl (C=O) groups is 4. The molecule has 0 spiro atoms. The van der Waals surface area contributed by atoms with Gasteiger partial charge in [-0.1, -0.05) is 60.7 Å². The molecule has 14 heteroatoms. The Morgan fingerprint density at radius 1 is 1.04 bits per heavy atom. The molecule has 0 unspecified atom stereocenters. The summed E-state index contributed by atoms with van der Waals surface area (Å²) in [5, 5.41) is 30.3. The molecule has 0 aromatic heterocycles.